The van der Waals surface area contributed by atoms with Crippen molar-refractivity contribution in [2.24, 2.45) is 17.3 Å². The zero-order valence-corrected chi connectivity index (χ0v) is 27.9. The van der Waals surface area contributed by atoms with E-state index in [0.29, 0.717) is 19.5 Å². The number of carbonyl (C=O) groups excluding carboxylic acids is 3. The average Bonchev–Trinajstić information content (AvgIpc) is 3.44. The largest absolute Gasteiger partial charge is 0.382 e. The fourth-order valence-corrected chi connectivity index (χ4v) is 5.19. The minimum atomic E-state index is -1.75. The molecule has 15 nitrogen and oxygen atoms in total. The van der Waals surface area contributed by atoms with Crippen molar-refractivity contribution in [3.05, 3.63) is 11.9 Å². The molecule has 0 aliphatic carbocycles. The molecule has 0 saturated carbocycles. The van der Waals surface area contributed by atoms with E-state index >= 15 is 0 Å². The molecule has 45 heavy (non-hydrogen) atoms. The maximum atomic E-state index is 13.2. The summed E-state index contributed by atoms with van der Waals surface area (Å²) in [4.78, 5) is 40.6. The molecule has 1 aliphatic rings. The van der Waals surface area contributed by atoms with Crippen LogP contribution in [0.15, 0.2) is 6.20 Å². The van der Waals surface area contributed by atoms with Crippen LogP contribution in [0.3, 0.4) is 0 Å². The highest BCUT2D eigenvalue weighted by Crippen LogP contribution is 2.22. The number of nitrogens with one attached hydrogen (secondary N) is 6. The normalized spacial score (nSPS) is 18.4. The van der Waals surface area contributed by atoms with Crippen LogP contribution in [0.2, 0.25) is 0 Å². The van der Waals surface area contributed by atoms with Crippen LogP contribution >= 0.6 is 0 Å². The molecule has 1 aromatic heterocycles. The van der Waals surface area contributed by atoms with Crippen molar-refractivity contribution in [2.75, 3.05) is 58.9 Å². The van der Waals surface area contributed by atoms with Gasteiger partial charge in [-0.25, -0.2) is 5.48 Å². The van der Waals surface area contributed by atoms with Crippen molar-refractivity contribution in [1.29, 1.82) is 0 Å². The van der Waals surface area contributed by atoms with Gasteiger partial charge < -0.3 is 31.7 Å². The number of hydrogen-bond acceptors (Lipinski definition) is 11. The molecule has 2 rings (SSSR count). The van der Waals surface area contributed by atoms with Gasteiger partial charge in [-0.1, -0.05) is 39.8 Å². The van der Waals surface area contributed by atoms with Crippen LogP contribution in [-0.2, 0) is 27.5 Å². The number of aryl methyl sites for hydroxylation is 1. The number of aliphatic hydroxyl groups excluding tert-OH is 1. The molecule has 8 N–H and O–H groups in total. The first kappa shape index (κ1) is 38.5. The van der Waals surface area contributed by atoms with Crippen molar-refractivity contribution < 1.29 is 24.7 Å². The Hall–Kier alpha value is -2.69. The fraction of sp³-hybridized carbons (Fsp3) is 0.833. The van der Waals surface area contributed by atoms with Gasteiger partial charge in [0.05, 0.1) is 11.6 Å². The molecule has 0 bridgehead atoms. The standard InChI is InChI=1S/C30H58N10O5/c1-22(2)19-24(25(41)28(43)37-45)27(42)35-26(30(3,4)5)29(44)34-12-8-17-40-21-23(36-38-40)20-39-16-7-11-32-14-13-31-9-6-10-33-15-18-39/h21-22,24-26,31-33,41,45H,6-20H2,1-5H3,(H,34,44)(H,35,42)(H,37,43)/t24-,25+,26-/m1/s1. The molecule has 3 amide bonds. The Labute approximate surface area is 268 Å². The third-order valence-electron chi connectivity index (χ3n) is 7.69. The number of rotatable bonds is 13. The van der Waals surface area contributed by atoms with Crippen LogP contribution in [0.1, 0.15) is 66.0 Å². The maximum absolute atomic E-state index is 13.2. The number of carbonyl (C=O) groups is 3. The fourth-order valence-electron chi connectivity index (χ4n) is 5.19. The molecule has 2 heterocycles. The number of aliphatic hydroxyl groups is 1. The van der Waals surface area contributed by atoms with Gasteiger partial charge in [-0.05, 0) is 63.2 Å². The van der Waals surface area contributed by atoms with E-state index in [1.54, 1.807) is 4.68 Å². The summed E-state index contributed by atoms with van der Waals surface area (Å²) < 4.78 is 1.78. The highest BCUT2D eigenvalue weighted by atomic mass is 16.5. The first-order chi connectivity index (χ1) is 21.4. The lowest BCUT2D eigenvalue weighted by molar-refractivity contribution is -0.147. The summed E-state index contributed by atoms with van der Waals surface area (Å²) in [5, 5.41) is 44.0. The van der Waals surface area contributed by atoms with Crippen molar-refractivity contribution >= 4 is 17.7 Å². The van der Waals surface area contributed by atoms with E-state index in [1.165, 1.54) is 5.48 Å². The molecule has 1 saturated heterocycles. The summed E-state index contributed by atoms with van der Waals surface area (Å²) in [6.07, 6.45) is 3.17. The topological polar surface area (TPSA) is 198 Å². The van der Waals surface area contributed by atoms with E-state index in [1.807, 2.05) is 40.8 Å². The zero-order chi connectivity index (χ0) is 33.2. The Balaban J connectivity index is 1.87. The van der Waals surface area contributed by atoms with Crippen LogP contribution in [-0.4, -0.2) is 119 Å². The second-order valence-corrected chi connectivity index (χ2v) is 13.3. The Kier molecular flexibility index (Phi) is 17.5. The quantitative estimate of drug-likeness (QED) is 0.0766. The second-order valence-electron chi connectivity index (χ2n) is 13.3. The summed E-state index contributed by atoms with van der Waals surface area (Å²) in [6.45, 7) is 18.6. The molecule has 1 aromatic rings. The van der Waals surface area contributed by atoms with Gasteiger partial charge >= 0.3 is 0 Å². The van der Waals surface area contributed by atoms with Crippen LogP contribution in [0.25, 0.3) is 0 Å². The van der Waals surface area contributed by atoms with Crippen molar-refractivity contribution in [3.8, 4) is 0 Å². The lowest BCUT2D eigenvalue weighted by atomic mass is 9.84. The monoisotopic (exact) mass is 638 g/mol. The summed E-state index contributed by atoms with van der Waals surface area (Å²) in [6, 6.07) is -0.905. The molecule has 1 aliphatic heterocycles. The van der Waals surface area contributed by atoms with E-state index in [9.17, 15) is 19.5 Å². The van der Waals surface area contributed by atoms with Gasteiger partial charge in [0, 0.05) is 52.0 Å². The minimum Gasteiger partial charge on any atom is -0.382 e. The van der Waals surface area contributed by atoms with E-state index < -0.39 is 35.3 Å². The van der Waals surface area contributed by atoms with Crippen molar-refractivity contribution in [3.63, 3.8) is 0 Å². The van der Waals surface area contributed by atoms with Crippen LogP contribution < -0.4 is 32.1 Å². The molecule has 0 aromatic carbocycles. The third kappa shape index (κ3) is 15.0. The molecule has 3 atom stereocenters. The Bertz CT molecular complexity index is 1000. The lowest BCUT2D eigenvalue weighted by Gasteiger charge is -2.32. The number of amides is 3. The highest BCUT2D eigenvalue weighted by molar-refractivity contribution is 5.92. The van der Waals surface area contributed by atoms with Gasteiger partial charge in [0.25, 0.3) is 5.91 Å². The lowest BCUT2D eigenvalue weighted by Crippen LogP contribution is -2.56. The molecule has 258 valence electrons. The Morgan fingerprint density at radius 2 is 1.62 bits per heavy atom. The van der Waals surface area contributed by atoms with Gasteiger partial charge in [-0.2, -0.15) is 0 Å². The molecule has 15 heteroatoms. The summed E-state index contributed by atoms with van der Waals surface area (Å²) in [5.74, 6) is -3.20. The Morgan fingerprint density at radius 1 is 0.956 bits per heavy atom. The average molecular weight is 639 g/mol. The van der Waals surface area contributed by atoms with Crippen LogP contribution in [0.5, 0.6) is 0 Å². The number of hydrogen-bond donors (Lipinski definition) is 8. The predicted molar refractivity (Wildman–Crippen MR) is 171 cm³/mol. The molecule has 0 radical (unpaired) electrons. The van der Waals surface area contributed by atoms with Gasteiger partial charge in [0.1, 0.15) is 12.1 Å². The predicted octanol–water partition coefficient (Wildman–Crippen LogP) is -0.791. The molecule has 1 fully saturated rings. The summed E-state index contributed by atoms with van der Waals surface area (Å²) in [7, 11) is 0. The Morgan fingerprint density at radius 3 is 2.27 bits per heavy atom. The van der Waals surface area contributed by atoms with Crippen molar-refractivity contribution in [1.82, 2.24) is 52.0 Å². The number of hydroxylamine groups is 1. The SMILES string of the molecule is CC(C)C[C@@H](C(=O)N[C@H](C(=O)NCCCn1cc(CN2CCCNCCNCCCNCC2)nn1)C(C)(C)C)[C@H](O)C(=O)NO. The smallest absolute Gasteiger partial charge is 0.272 e. The van der Waals surface area contributed by atoms with E-state index in [0.717, 1.165) is 77.4 Å². The summed E-state index contributed by atoms with van der Waals surface area (Å²) >= 11 is 0. The molecular weight excluding hydrogens is 580 g/mol. The zero-order valence-electron chi connectivity index (χ0n) is 27.9. The van der Waals surface area contributed by atoms with Gasteiger partial charge in [0.15, 0.2) is 0 Å². The molecule has 0 unspecified atom stereocenters. The van der Waals surface area contributed by atoms with Crippen LogP contribution in [0.4, 0.5) is 0 Å². The summed E-state index contributed by atoms with van der Waals surface area (Å²) in [5.41, 5.74) is 1.66. The van der Waals surface area contributed by atoms with Crippen LogP contribution in [0, 0.1) is 17.3 Å². The third-order valence-corrected chi connectivity index (χ3v) is 7.69. The van der Waals surface area contributed by atoms with E-state index in [2.05, 4.69) is 41.8 Å². The first-order valence-corrected chi connectivity index (χ1v) is 16.4. The molecular formula is C30H58N10O5. The van der Waals surface area contributed by atoms with E-state index in [-0.39, 0.29) is 18.2 Å². The van der Waals surface area contributed by atoms with Gasteiger partial charge in [-0.3, -0.25) is 29.2 Å². The van der Waals surface area contributed by atoms with Gasteiger partial charge in [0.2, 0.25) is 11.8 Å². The maximum Gasteiger partial charge on any atom is 0.272 e. The first-order valence-electron chi connectivity index (χ1n) is 16.4. The van der Waals surface area contributed by atoms with Gasteiger partial charge in [-0.15, -0.1) is 5.10 Å². The molecule has 0 spiro atoms. The number of aromatic nitrogens is 3. The minimum absolute atomic E-state index is 0.0140. The second kappa shape index (κ2) is 20.4. The number of nitrogens with zero attached hydrogens (tertiary/aromatic N) is 4. The highest BCUT2D eigenvalue weighted by Gasteiger charge is 2.38. The van der Waals surface area contributed by atoms with Crippen molar-refractivity contribution in [2.45, 2.75) is 85.5 Å². The van der Waals surface area contributed by atoms with E-state index in [4.69, 9.17) is 5.21 Å².